The van der Waals surface area contributed by atoms with Crippen molar-refractivity contribution >= 4 is 108 Å². The molecule has 0 radical (unpaired) electrons. The molecule has 13 aromatic carbocycles. The van der Waals surface area contributed by atoms with Gasteiger partial charge < -0.3 is 4.57 Å². The molecule has 0 saturated heterocycles. The Labute approximate surface area is 327 Å². The fourth-order valence-electron chi connectivity index (χ4n) is 10.6. The van der Waals surface area contributed by atoms with E-state index in [-0.39, 0.29) is 0 Å². The molecule has 0 bridgehead atoms. The van der Waals surface area contributed by atoms with E-state index in [1.54, 1.807) is 0 Å². The van der Waals surface area contributed by atoms with Gasteiger partial charge in [0.15, 0.2) is 0 Å². The summed E-state index contributed by atoms with van der Waals surface area (Å²) in [7, 11) is 0. The monoisotopic (exact) mass is 717 g/mol. The van der Waals surface area contributed by atoms with E-state index in [1.807, 2.05) is 0 Å². The van der Waals surface area contributed by atoms with Crippen molar-refractivity contribution in [2.75, 3.05) is 0 Å². The number of nitrogens with zero attached hydrogens (tertiary/aromatic N) is 1. The first kappa shape index (κ1) is 29.8. The van der Waals surface area contributed by atoms with Gasteiger partial charge in [0.05, 0.1) is 16.7 Å². The SMILES string of the molecule is c1ccc2c(-n3c4cc(-c5cc6ccc7cccc8ccc(c5)c6c78)cc5ccc6cc(-c7cc8ccc9cccc%10ccc(c7)c8c9%10)cc3c6c54)cccc2c1. The van der Waals surface area contributed by atoms with Gasteiger partial charge in [-0.25, -0.2) is 0 Å². The Balaban J connectivity index is 1.07. The lowest BCUT2D eigenvalue weighted by atomic mass is 9.90. The summed E-state index contributed by atoms with van der Waals surface area (Å²) < 4.78 is 2.55. The normalized spacial score (nSPS) is 12.6. The number of fused-ring (bicyclic) bond motifs is 1. The zero-order valence-electron chi connectivity index (χ0n) is 30.8. The van der Waals surface area contributed by atoms with Gasteiger partial charge in [0.2, 0.25) is 0 Å². The van der Waals surface area contributed by atoms with Crippen LogP contribution in [0, 0.1) is 0 Å². The van der Waals surface area contributed by atoms with Gasteiger partial charge in [0.25, 0.3) is 0 Å². The molecule has 1 aromatic heterocycles. The van der Waals surface area contributed by atoms with Gasteiger partial charge in [-0.3, -0.25) is 0 Å². The molecule has 0 fully saturated rings. The summed E-state index contributed by atoms with van der Waals surface area (Å²) in [6, 6.07) is 71.1. The Bertz CT molecular complexity index is 3620. The fraction of sp³-hybridized carbons (Fsp3) is 0. The zero-order valence-corrected chi connectivity index (χ0v) is 30.8. The third-order valence-electron chi connectivity index (χ3n) is 13.1. The summed E-state index contributed by atoms with van der Waals surface area (Å²) in [4.78, 5) is 0. The van der Waals surface area contributed by atoms with Crippen molar-refractivity contribution in [3.05, 3.63) is 188 Å². The molecular formula is C56H31N. The Hall–Kier alpha value is -7.48. The van der Waals surface area contributed by atoms with Crippen molar-refractivity contribution in [2.45, 2.75) is 0 Å². The molecule has 0 aliphatic carbocycles. The van der Waals surface area contributed by atoms with E-state index >= 15 is 0 Å². The Kier molecular flexibility index (Phi) is 5.56. The first-order valence-corrected chi connectivity index (χ1v) is 19.9. The molecule has 0 atom stereocenters. The average molecular weight is 718 g/mol. The number of benzene rings is 13. The molecule has 1 nitrogen and oxygen atoms in total. The van der Waals surface area contributed by atoms with Crippen molar-refractivity contribution in [3.8, 4) is 27.9 Å². The predicted molar refractivity (Wildman–Crippen MR) is 245 cm³/mol. The van der Waals surface area contributed by atoms with E-state index in [2.05, 4.69) is 193 Å². The molecule has 0 aliphatic heterocycles. The van der Waals surface area contributed by atoms with Crippen molar-refractivity contribution in [1.82, 2.24) is 4.57 Å². The summed E-state index contributed by atoms with van der Waals surface area (Å²) in [5, 5.41) is 23.4. The summed E-state index contributed by atoms with van der Waals surface area (Å²) in [6.45, 7) is 0. The van der Waals surface area contributed by atoms with E-state index in [4.69, 9.17) is 0 Å². The predicted octanol–water partition coefficient (Wildman–Crippen LogP) is 15.7. The standard InChI is InChI=1S/C56H31N/c1-2-12-47-32(6-1)7-5-13-48(47)57-49-30-45(43-24-37-18-14-33-8-3-9-34-15-19-38(25-43)53(37)51(33)34)28-41-22-23-42-29-46(31-50(57)56(42)55(41)49)44-26-39-20-16-35-10-4-11-36-17-21-40(27-44)54(39)52(35)36/h1-31H. The largest absolute Gasteiger partial charge is 0.309 e. The molecule has 0 unspecified atom stereocenters. The lowest BCUT2D eigenvalue weighted by Crippen LogP contribution is -1.96. The summed E-state index contributed by atoms with van der Waals surface area (Å²) in [6.07, 6.45) is 0. The molecule has 1 heterocycles. The quantitative estimate of drug-likeness (QED) is 0.160. The van der Waals surface area contributed by atoms with E-state index in [0.29, 0.717) is 0 Å². The molecule has 14 aromatic rings. The lowest BCUT2D eigenvalue weighted by Gasteiger charge is -2.15. The van der Waals surface area contributed by atoms with Gasteiger partial charge in [0, 0.05) is 16.2 Å². The molecule has 0 saturated carbocycles. The first-order chi connectivity index (χ1) is 28.2. The second kappa shape index (κ2) is 10.6. The van der Waals surface area contributed by atoms with E-state index < -0.39 is 0 Å². The maximum Gasteiger partial charge on any atom is 0.0553 e. The summed E-state index contributed by atoms with van der Waals surface area (Å²) in [5.74, 6) is 0. The van der Waals surface area contributed by atoms with Crippen LogP contribution < -0.4 is 0 Å². The maximum atomic E-state index is 2.55. The minimum Gasteiger partial charge on any atom is -0.309 e. The minimum atomic E-state index is 1.20. The topological polar surface area (TPSA) is 4.93 Å². The van der Waals surface area contributed by atoms with Crippen molar-refractivity contribution < 1.29 is 0 Å². The Morgan fingerprint density at radius 2 is 0.544 bits per heavy atom. The van der Waals surface area contributed by atoms with Crippen LogP contribution in [0.15, 0.2) is 188 Å². The summed E-state index contributed by atoms with van der Waals surface area (Å²) >= 11 is 0. The molecule has 14 rings (SSSR count). The van der Waals surface area contributed by atoms with E-state index in [9.17, 15) is 0 Å². The van der Waals surface area contributed by atoms with Crippen molar-refractivity contribution in [1.29, 1.82) is 0 Å². The van der Waals surface area contributed by atoms with Crippen molar-refractivity contribution in [3.63, 3.8) is 0 Å². The highest BCUT2D eigenvalue weighted by atomic mass is 15.0. The molecule has 1 heteroatoms. The smallest absolute Gasteiger partial charge is 0.0553 e. The van der Waals surface area contributed by atoms with Gasteiger partial charge >= 0.3 is 0 Å². The third-order valence-corrected chi connectivity index (χ3v) is 13.1. The van der Waals surface area contributed by atoms with Crippen LogP contribution in [0.4, 0.5) is 0 Å². The zero-order chi connectivity index (χ0) is 36.9. The molecule has 0 spiro atoms. The fourth-order valence-corrected chi connectivity index (χ4v) is 10.6. The number of hydrogen-bond donors (Lipinski definition) is 0. The van der Waals surface area contributed by atoms with E-state index in [1.165, 1.54) is 136 Å². The average Bonchev–Trinajstić information content (AvgIpc) is 3.60. The van der Waals surface area contributed by atoms with E-state index in [0.717, 1.165) is 0 Å². The van der Waals surface area contributed by atoms with Crippen LogP contribution in [-0.4, -0.2) is 4.57 Å². The highest BCUT2D eigenvalue weighted by Crippen LogP contribution is 2.46. The molecule has 0 N–H and O–H groups in total. The first-order valence-electron chi connectivity index (χ1n) is 19.9. The second-order valence-electron chi connectivity index (χ2n) is 16.1. The number of aromatic nitrogens is 1. The number of hydrogen-bond acceptors (Lipinski definition) is 0. The van der Waals surface area contributed by atoms with Crippen LogP contribution in [0.1, 0.15) is 0 Å². The van der Waals surface area contributed by atoms with Crippen LogP contribution in [0.25, 0.3) is 136 Å². The van der Waals surface area contributed by atoms with Gasteiger partial charge in [-0.15, -0.1) is 0 Å². The van der Waals surface area contributed by atoms with Crippen molar-refractivity contribution in [2.24, 2.45) is 0 Å². The second-order valence-corrected chi connectivity index (χ2v) is 16.1. The molecule has 0 aliphatic rings. The maximum absolute atomic E-state index is 2.55. The van der Waals surface area contributed by atoms with Crippen LogP contribution in [0.3, 0.4) is 0 Å². The number of rotatable bonds is 3. The van der Waals surface area contributed by atoms with Gasteiger partial charge in [-0.2, -0.15) is 0 Å². The molecular weight excluding hydrogens is 687 g/mol. The van der Waals surface area contributed by atoms with Gasteiger partial charge in [-0.1, -0.05) is 133 Å². The van der Waals surface area contributed by atoms with Gasteiger partial charge in [-0.05, 0) is 158 Å². The molecule has 0 amide bonds. The van der Waals surface area contributed by atoms with Crippen LogP contribution in [0.5, 0.6) is 0 Å². The molecule has 57 heavy (non-hydrogen) atoms. The highest BCUT2D eigenvalue weighted by molar-refractivity contribution is 6.28. The Morgan fingerprint density at radius 3 is 1.00 bits per heavy atom. The minimum absolute atomic E-state index is 1.20. The van der Waals surface area contributed by atoms with Crippen LogP contribution >= 0.6 is 0 Å². The van der Waals surface area contributed by atoms with Gasteiger partial charge in [0.1, 0.15) is 0 Å². The third kappa shape index (κ3) is 3.98. The molecule has 260 valence electrons. The summed E-state index contributed by atoms with van der Waals surface area (Å²) in [5.41, 5.74) is 8.60. The Morgan fingerprint density at radius 1 is 0.228 bits per heavy atom. The van der Waals surface area contributed by atoms with Crippen LogP contribution in [0.2, 0.25) is 0 Å². The lowest BCUT2D eigenvalue weighted by molar-refractivity contribution is 1.20. The van der Waals surface area contributed by atoms with Crippen LogP contribution in [-0.2, 0) is 0 Å². The highest BCUT2D eigenvalue weighted by Gasteiger charge is 2.22.